The molecular weight excluding hydrogens is 399 g/mol. The van der Waals surface area contributed by atoms with Crippen molar-refractivity contribution in [1.29, 1.82) is 0 Å². The van der Waals surface area contributed by atoms with Crippen molar-refractivity contribution in [3.05, 3.63) is 58.7 Å². The lowest BCUT2D eigenvalue weighted by atomic mass is 9.73. The lowest BCUT2D eigenvalue weighted by molar-refractivity contribution is -0.123. The lowest BCUT2D eigenvalue weighted by Crippen LogP contribution is -2.64. The van der Waals surface area contributed by atoms with Gasteiger partial charge in [0, 0.05) is 55.2 Å². The molecule has 5 nitrogen and oxygen atoms in total. The first-order chi connectivity index (χ1) is 12.5. The molecule has 1 aromatic carbocycles. The quantitative estimate of drug-likeness (QED) is 0.615. The Morgan fingerprint density at radius 3 is 2.69 bits per heavy atom. The van der Waals surface area contributed by atoms with Crippen molar-refractivity contribution in [2.24, 2.45) is 0 Å². The van der Waals surface area contributed by atoms with Crippen molar-refractivity contribution in [2.75, 3.05) is 29.9 Å². The van der Waals surface area contributed by atoms with Crippen LogP contribution < -0.4 is 9.80 Å². The number of aromatic nitrogens is 2. The Balaban J connectivity index is 1.67. The molecule has 7 heteroatoms. The normalized spacial score (nSPS) is 17.7. The molecular formula is C19H14BrFN4O. The van der Waals surface area contributed by atoms with Crippen LogP contribution in [0.4, 0.5) is 15.8 Å². The molecule has 1 fully saturated rings. The third-order valence-electron chi connectivity index (χ3n) is 5.39. The predicted molar refractivity (Wildman–Crippen MR) is 101 cm³/mol. The number of anilines is 2. The number of halogens is 2. The standard InChI is InChI=1S/C19H14BrFN4O/c1-24-16-8-23-15-7-14(21)13(20)6-12(15)17(16)19(18(24)26)9-25(10-19)11-2-4-22-5-3-11/h2-8H,9-10H2,1H3. The summed E-state index contributed by atoms with van der Waals surface area (Å²) in [6.07, 6.45) is 5.17. The highest BCUT2D eigenvalue weighted by Gasteiger charge is 2.58. The molecule has 1 saturated heterocycles. The number of fused-ring (bicyclic) bond motifs is 4. The summed E-state index contributed by atoms with van der Waals surface area (Å²) in [6.45, 7) is 1.17. The van der Waals surface area contributed by atoms with Gasteiger partial charge in [0.2, 0.25) is 5.91 Å². The first-order valence-electron chi connectivity index (χ1n) is 8.23. The van der Waals surface area contributed by atoms with Crippen LogP contribution in [0, 0.1) is 5.82 Å². The van der Waals surface area contributed by atoms with E-state index in [9.17, 15) is 9.18 Å². The summed E-state index contributed by atoms with van der Waals surface area (Å²) in [4.78, 5) is 25.4. The molecule has 2 aromatic heterocycles. The molecule has 0 unspecified atom stereocenters. The van der Waals surface area contributed by atoms with E-state index in [0.29, 0.717) is 23.1 Å². The number of nitrogens with zero attached hydrogens (tertiary/aromatic N) is 4. The van der Waals surface area contributed by atoms with E-state index in [1.54, 1.807) is 36.6 Å². The van der Waals surface area contributed by atoms with Gasteiger partial charge in [-0.3, -0.25) is 14.8 Å². The number of benzene rings is 1. The van der Waals surface area contributed by atoms with Gasteiger partial charge in [-0.15, -0.1) is 0 Å². The molecule has 3 aromatic rings. The minimum atomic E-state index is -0.619. The number of likely N-dealkylation sites (N-methyl/N-ethyl adjacent to an activating group) is 1. The lowest BCUT2D eigenvalue weighted by Gasteiger charge is -2.48. The molecule has 0 saturated carbocycles. The van der Waals surface area contributed by atoms with Crippen molar-refractivity contribution in [1.82, 2.24) is 9.97 Å². The van der Waals surface area contributed by atoms with Crippen molar-refractivity contribution in [2.45, 2.75) is 5.41 Å². The van der Waals surface area contributed by atoms with Crippen molar-refractivity contribution >= 4 is 44.1 Å². The number of pyridine rings is 2. The van der Waals surface area contributed by atoms with Gasteiger partial charge in [-0.25, -0.2) is 4.39 Å². The topological polar surface area (TPSA) is 49.3 Å². The second-order valence-corrected chi connectivity index (χ2v) is 7.66. The number of carbonyl (C=O) groups is 1. The zero-order valence-electron chi connectivity index (χ0n) is 13.9. The van der Waals surface area contributed by atoms with Gasteiger partial charge in [-0.2, -0.15) is 0 Å². The van der Waals surface area contributed by atoms with E-state index in [1.165, 1.54) is 6.07 Å². The highest BCUT2D eigenvalue weighted by Crippen LogP contribution is 2.50. The summed E-state index contributed by atoms with van der Waals surface area (Å²) in [5.74, 6) is -0.295. The minimum Gasteiger partial charge on any atom is -0.368 e. The number of carbonyl (C=O) groups excluding carboxylic acids is 1. The highest BCUT2D eigenvalue weighted by molar-refractivity contribution is 9.10. The number of hydrogen-bond donors (Lipinski definition) is 0. The van der Waals surface area contributed by atoms with Gasteiger partial charge in [0.25, 0.3) is 0 Å². The average molecular weight is 413 g/mol. The van der Waals surface area contributed by atoms with Gasteiger partial charge in [0.05, 0.1) is 21.9 Å². The summed E-state index contributed by atoms with van der Waals surface area (Å²) in [7, 11) is 1.77. The van der Waals surface area contributed by atoms with Crippen LogP contribution in [-0.2, 0) is 10.2 Å². The molecule has 4 heterocycles. The molecule has 0 bridgehead atoms. The summed E-state index contributed by atoms with van der Waals surface area (Å²) in [5, 5.41) is 0.822. The number of rotatable bonds is 1. The minimum absolute atomic E-state index is 0.0625. The molecule has 2 aliphatic heterocycles. The smallest absolute Gasteiger partial charge is 0.241 e. The van der Waals surface area contributed by atoms with E-state index in [0.717, 1.165) is 22.3 Å². The number of hydrogen-bond acceptors (Lipinski definition) is 4. The van der Waals surface area contributed by atoms with Gasteiger partial charge in [0.15, 0.2) is 0 Å². The maximum absolute atomic E-state index is 13.9. The van der Waals surface area contributed by atoms with Crippen LogP contribution >= 0.6 is 15.9 Å². The largest absolute Gasteiger partial charge is 0.368 e. The fourth-order valence-electron chi connectivity index (χ4n) is 4.11. The van der Waals surface area contributed by atoms with Crippen LogP contribution in [0.25, 0.3) is 10.9 Å². The molecule has 0 atom stereocenters. The molecule has 0 aliphatic carbocycles. The van der Waals surface area contributed by atoms with Crippen molar-refractivity contribution < 1.29 is 9.18 Å². The molecule has 130 valence electrons. The molecule has 2 aliphatic rings. The summed E-state index contributed by atoms with van der Waals surface area (Å²) >= 11 is 3.26. The first kappa shape index (κ1) is 15.7. The van der Waals surface area contributed by atoms with E-state index in [2.05, 4.69) is 30.8 Å². The SMILES string of the molecule is CN1C(=O)C2(CN(c3ccncc3)C2)c2c1cnc1cc(F)c(Br)cc21. The Hall–Kier alpha value is -2.54. The van der Waals surface area contributed by atoms with E-state index in [-0.39, 0.29) is 11.7 Å². The number of amides is 1. The maximum Gasteiger partial charge on any atom is 0.241 e. The molecule has 0 radical (unpaired) electrons. The Bertz CT molecular complexity index is 1070. The van der Waals surface area contributed by atoms with Crippen LogP contribution in [0.15, 0.2) is 47.3 Å². The highest BCUT2D eigenvalue weighted by atomic mass is 79.9. The maximum atomic E-state index is 13.9. The van der Waals surface area contributed by atoms with E-state index < -0.39 is 5.41 Å². The Morgan fingerprint density at radius 2 is 1.96 bits per heavy atom. The van der Waals surface area contributed by atoms with E-state index >= 15 is 0 Å². The van der Waals surface area contributed by atoms with Gasteiger partial charge in [-0.05, 0) is 34.1 Å². The van der Waals surface area contributed by atoms with Crippen LogP contribution in [-0.4, -0.2) is 36.0 Å². The van der Waals surface area contributed by atoms with Crippen molar-refractivity contribution in [3.63, 3.8) is 0 Å². The summed E-state index contributed by atoms with van der Waals surface area (Å²) in [5.41, 5.74) is 2.73. The first-order valence-corrected chi connectivity index (χ1v) is 9.02. The summed E-state index contributed by atoms with van der Waals surface area (Å²) in [6, 6.07) is 7.02. The monoisotopic (exact) mass is 412 g/mol. The fourth-order valence-corrected chi connectivity index (χ4v) is 4.45. The van der Waals surface area contributed by atoms with Crippen LogP contribution in [0.5, 0.6) is 0 Å². The van der Waals surface area contributed by atoms with Gasteiger partial charge in [0.1, 0.15) is 11.2 Å². The third kappa shape index (κ3) is 1.92. The average Bonchev–Trinajstić information content (AvgIpc) is 2.84. The molecule has 1 amide bonds. The molecule has 26 heavy (non-hydrogen) atoms. The second-order valence-electron chi connectivity index (χ2n) is 6.81. The van der Waals surface area contributed by atoms with E-state index in [4.69, 9.17) is 0 Å². The van der Waals surface area contributed by atoms with Gasteiger partial charge in [-0.1, -0.05) is 0 Å². The predicted octanol–water partition coefficient (Wildman–Crippen LogP) is 3.27. The molecule has 1 spiro atoms. The van der Waals surface area contributed by atoms with Crippen LogP contribution in [0.1, 0.15) is 5.56 Å². The Kier molecular flexibility index (Phi) is 3.16. The Morgan fingerprint density at radius 1 is 1.23 bits per heavy atom. The fraction of sp³-hybridized carbons (Fsp3) is 0.211. The molecule has 0 N–H and O–H groups in total. The Labute approximate surface area is 157 Å². The zero-order valence-corrected chi connectivity index (χ0v) is 15.5. The third-order valence-corrected chi connectivity index (χ3v) is 6.00. The van der Waals surface area contributed by atoms with E-state index in [1.807, 2.05) is 12.1 Å². The van der Waals surface area contributed by atoms with Gasteiger partial charge >= 0.3 is 0 Å². The van der Waals surface area contributed by atoms with Crippen LogP contribution in [0.3, 0.4) is 0 Å². The second kappa shape index (κ2) is 5.23. The van der Waals surface area contributed by atoms with Gasteiger partial charge < -0.3 is 9.80 Å². The zero-order chi connectivity index (χ0) is 18.1. The molecule has 5 rings (SSSR count). The van der Waals surface area contributed by atoms with Crippen molar-refractivity contribution in [3.8, 4) is 0 Å². The van der Waals surface area contributed by atoms with Crippen LogP contribution in [0.2, 0.25) is 0 Å². The summed E-state index contributed by atoms with van der Waals surface area (Å²) < 4.78 is 14.3.